The number of aromatic carboxylic acids is 1. The molecule has 0 bridgehead atoms. The number of furan rings is 1. The van der Waals surface area contributed by atoms with Crippen molar-refractivity contribution in [2.24, 2.45) is 0 Å². The molecule has 0 aliphatic carbocycles. The molecule has 1 amide bonds. The van der Waals surface area contributed by atoms with Crippen LogP contribution in [0.5, 0.6) is 0 Å². The van der Waals surface area contributed by atoms with Gasteiger partial charge in [0.05, 0.1) is 12.1 Å². The monoisotopic (exact) mass is 341 g/mol. The summed E-state index contributed by atoms with van der Waals surface area (Å²) in [6.45, 7) is -0.0297. The molecule has 20 heavy (non-hydrogen) atoms. The normalized spacial score (nSPS) is 10.3. The highest BCUT2D eigenvalue weighted by Gasteiger charge is 2.13. The lowest BCUT2D eigenvalue weighted by molar-refractivity contribution is 0.0660. The third-order valence-electron chi connectivity index (χ3n) is 2.47. The first kappa shape index (κ1) is 14.3. The molecule has 0 aliphatic heterocycles. The van der Waals surface area contributed by atoms with Gasteiger partial charge in [0.15, 0.2) is 0 Å². The molecule has 104 valence electrons. The number of carbonyl (C=O) groups is 2. The van der Waals surface area contributed by atoms with E-state index in [1.54, 1.807) is 0 Å². The summed E-state index contributed by atoms with van der Waals surface area (Å²) in [5.41, 5.74) is -0.107. The van der Waals surface area contributed by atoms with Gasteiger partial charge in [0.1, 0.15) is 11.6 Å². The van der Waals surface area contributed by atoms with E-state index in [0.29, 0.717) is 4.47 Å². The molecule has 2 rings (SSSR count). The smallest absolute Gasteiger partial charge is 0.371 e. The van der Waals surface area contributed by atoms with Gasteiger partial charge in [0.2, 0.25) is 5.76 Å². The average molecular weight is 342 g/mol. The van der Waals surface area contributed by atoms with Crippen LogP contribution in [-0.4, -0.2) is 17.0 Å². The van der Waals surface area contributed by atoms with Gasteiger partial charge >= 0.3 is 5.97 Å². The number of benzene rings is 1. The van der Waals surface area contributed by atoms with Gasteiger partial charge < -0.3 is 14.8 Å². The molecule has 2 N–H and O–H groups in total. The van der Waals surface area contributed by atoms with Gasteiger partial charge in [-0.3, -0.25) is 4.79 Å². The first-order valence-corrected chi connectivity index (χ1v) is 6.32. The summed E-state index contributed by atoms with van der Waals surface area (Å²) in [4.78, 5) is 22.4. The van der Waals surface area contributed by atoms with Crippen molar-refractivity contribution in [3.8, 4) is 0 Å². The van der Waals surface area contributed by atoms with Gasteiger partial charge in [-0.1, -0.05) is 15.9 Å². The molecule has 5 nitrogen and oxygen atoms in total. The molecule has 1 aromatic carbocycles. The lowest BCUT2D eigenvalue weighted by Crippen LogP contribution is -2.23. The van der Waals surface area contributed by atoms with E-state index in [1.807, 2.05) is 0 Å². The standard InChI is InChI=1S/C13H9BrFNO4/c14-7-1-3-10(15)9(5-7)12(17)16-6-8-2-4-11(20-8)13(18)19/h1-5H,6H2,(H,16,17)(H,18,19). The summed E-state index contributed by atoms with van der Waals surface area (Å²) in [6.07, 6.45) is 0. The van der Waals surface area contributed by atoms with Crippen LogP contribution in [0.3, 0.4) is 0 Å². The van der Waals surface area contributed by atoms with Gasteiger partial charge in [-0.05, 0) is 30.3 Å². The van der Waals surface area contributed by atoms with E-state index in [1.165, 1.54) is 30.3 Å². The van der Waals surface area contributed by atoms with Crippen LogP contribution >= 0.6 is 15.9 Å². The number of carboxylic acids is 1. The molecule has 1 heterocycles. The van der Waals surface area contributed by atoms with Crippen molar-refractivity contribution in [1.82, 2.24) is 5.32 Å². The number of hydrogen-bond acceptors (Lipinski definition) is 3. The number of carbonyl (C=O) groups excluding carboxylic acids is 1. The largest absolute Gasteiger partial charge is 0.475 e. The molecule has 0 saturated carbocycles. The molecular formula is C13H9BrFNO4. The molecule has 0 aliphatic rings. The van der Waals surface area contributed by atoms with Crippen molar-refractivity contribution < 1.29 is 23.5 Å². The van der Waals surface area contributed by atoms with E-state index < -0.39 is 17.7 Å². The van der Waals surface area contributed by atoms with Crippen molar-refractivity contribution in [1.29, 1.82) is 0 Å². The van der Waals surface area contributed by atoms with E-state index in [2.05, 4.69) is 21.2 Å². The number of carboxylic acid groups (broad SMARTS) is 1. The van der Waals surface area contributed by atoms with Crippen LogP contribution in [0.1, 0.15) is 26.7 Å². The number of amides is 1. The Morgan fingerprint density at radius 3 is 2.70 bits per heavy atom. The highest BCUT2D eigenvalue weighted by molar-refractivity contribution is 9.10. The Labute approximate surface area is 121 Å². The van der Waals surface area contributed by atoms with E-state index in [4.69, 9.17) is 9.52 Å². The number of nitrogens with one attached hydrogen (secondary N) is 1. The minimum absolute atomic E-state index is 0.0297. The van der Waals surface area contributed by atoms with Crippen LogP contribution < -0.4 is 5.32 Å². The molecule has 1 aromatic heterocycles. The van der Waals surface area contributed by atoms with Crippen LogP contribution in [0.2, 0.25) is 0 Å². The van der Waals surface area contributed by atoms with Crippen LogP contribution in [0.15, 0.2) is 39.2 Å². The van der Waals surface area contributed by atoms with Crippen molar-refractivity contribution in [2.45, 2.75) is 6.54 Å². The molecule has 0 radical (unpaired) electrons. The zero-order chi connectivity index (χ0) is 14.7. The van der Waals surface area contributed by atoms with E-state index in [9.17, 15) is 14.0 Å². The zero-order valence-corrected chi connectivity index (χ0v) is 11.6. The summed E-state index contributed by atoms with van der Waals surface area (Å²) < 4.78 is 19.0. The Bertz CT molecular complexity index is 668. The van der Waals surface area contributed by atoms with Crippen LogP contribution in [0.25, 0.3) is 0 Å². The van der Waals surface area contributed by atoms with Crippen molar-refractivity contribution in [3.05, 3.63) is 57.7 Å². The predicted octanol–water partition coefficient (Wildman–Crippen LogP) is 2.81. The van der Waals surface area contributed by atoms with Gasteiger partial charge in [-0.15, -0.1) is 0 Å². The second-order valence-corrected chi connectivity index (χ2v) is 4.79. The number of rotatable bonds is 4. The lowest BCUT2D eigenvalue weighted by atomic mass is 10.2. The quantitative estimate of drug-likeness (QED) is 0.896. The summed E-state index contributed by atoms with van der Waals surface area (Å²) in [5, 5.41) is 11.1. The van der Waals surface area contributed by atoms with E-state index in [-0.39, 0.29) is 23.6 Å². The summed E-state index contributed by atoms with van der Waals surface area (Å²) in [7, 11) is 0. The lowest BCUT2D eigenvalue weighted by Gasteiger charge is -2.05. The van der Waals surface area contributed by atoms with Crippen molar-refractivity contribution in [2.75, 3.05) is 0 Å². The van der Waals surface area contributed by atoms with Gasteiger partial charge in [0, 0.05) is 4.47 Å². The fourth-order valence-electron chi connectivity index (χ4n) is 1.52. The molecule has 0 atom stereocenters. The fraction of sp³-hybridized carbons (Fsp3) is 0.0769. The molecule has 0 spiro atoms. The van der Waals surface area contributed by atoms with Gasteiger partial charge in [-0.25, -0.2) is 9.18 Å². The molecule has 0 saturated heterocycles. The summed E-state index contributed by atoms with van der Waals surface area (Å²) in [5.74, 6) is -2.40. The second-order valence-electron chi connectivity index (χ2n) is 3.88. The molecule has 7 heteroatoms. The van der Waals surface area contributed by atoms with Crippen LogP contribution in [0.4, 0.5) is 4.39 Å². The predicted molar refractivity (Wildman–Crippen MR) is 70.9 cm³/mol. The topological polar surface area (TPSA) is 79.5 Å². The molecule has 0 unspecified atom stereocenters. The maximum Gasteiger partial charge on any atom is 0.371 e. The van der Waals surface area contributed by atoms with Crippen molar-refractivity contribution in [3.63, 3.8) is 0 Å². The Hall–Kier alpha value is -2.15. The third kappa shape index (κ3) is 3.24. The fourth-order valence-corrected chi connectivity index (χ4v) is 1.88. The van der Waals surface area contributed by atoms with E-state index >= 15 is 0 Å². The first-order valence-electron chi connectivity index (χ1n) is 5.52. The summed E-state index contributed by atoms with van der Waals surface area (Å²) in [6, 6.07) is 6.73. The molecule has 2 aromatic rings. The van der Waals surface area contributed by atoms with E-state index in [0.717, 1.165) is 0 Å². The highest BCUT2D eigenvalue weighted by Crippen LogP contribution is 2.15. The Balaban J connectivity index is 2.04. The second kappa shape index (κ2) is 5.87. The van der Waals surface area contributed by atoms with Crippen molar-refractivity contribution >= 4 is 27.8 Å². The third-order valence-corrected chi connectivity index (χ3v) is 2.96. The highest BCUT2D eigenvalue weighted by atomic mass is 79.9. The number of halogens is 2. The van der Waals surface area contributed by atoms with Crippen LogP contribution in [0, 0.1) is 5.82 Å². The average Bonchev–Trinajstić information content (AvgIpc) is 2.88. The minimum Gasteiger partial charge on any atom is -0.475 e. The van der Waals surface area contributed by atoms with Gasteiger partial charge in [-0.2, -0.15) is 0 Å². The first-order chi connectivity index (χ1) is 9.47. The SMILES string of the molecule is O=C(O)c1ccc(CNC(=O)c2cc(Br)ccc2F)o1. The summed E-state index contributed by atoms with van der Waals surface area (Å²) >= 11 is 3.15. The maximum atomic E-state index is 13.5. The Kier molecular flexibility index (Phi) is 4.19. The zero-order valence-electron chi connectivity index (χ0n) is 10.0. The Morgan fingerprint density at radius 2 is 2.05 bits per heavy atom. The minimum atomic E-state index is -1.19. The van der Waals surface area contributed by atoms with Crippen LogP contribution in [-0.2, 0) is 6.54 Å². The molecular weight excluding hydrogens is 333 g/mol. The maximum absolute atomic E-state index is 13.5. The Morgan fingerprint density at radius 1 is 1.30 bits per heavy atom. The number of hydrogen-bond donors (Lipinski definition) is 2. The van der Waals surface area contributed by atoms with Gasteiger partial charge in [0.25, 0.3) is 5.91 Å². The molecule has 0 fully saturated rings.